The van der Waals surface area contributed by atoms with Crippen LogP contribution in [0.2, 0.25) is 5.02 Å². The van der Waals surface area contributed by atoms with Gasteiger partial charge in [0.1, 0.15) is 0 Å². The average molecular weight is 252 g/mol. The molecule has 1 aliphatic rings. The van der Waals surface area contributed by atoms with Crippen molar-refractivity contribution in [1.82, 2.24) is 5.32 Å². The lowest BCUT2D eigenvalue weighted by Gasteiger charge is -2.22. The lowest BCUT2D eigenvalue weighted by molar-refractivity contribution is 0.360. The van der Waals surface area contributed by atoms with Crippen molar-refractivity contribution < 1.29 is 0 Å². The number of aryl methyl sites for hydroxylation is 1. The molecule has 0 aliphatic heterocycles. The maximum absolute atomic E-state index is 6.01. The van der Waals surface area contributed by atoms with E-state index < -0.39 is 0 Å². The van der Waals surface area contributed by atoms with Crippen LogP contribution in [0, 0.1) is 5.92 Å². The summed E-state index contributed by atoms with van der Waals surface area (Å²) in [6, 6.07) is 8.92. The van der Waals surface area contributed by atoms with E-state index in [-0.39, 0.29) is 0 Å². The second-order valence-electron chi connectivity index (χ2n) is 5.11. The van der Waals surface area contributed by atoms with Gasteiger partial charge in [0.05, 0.1) is 0 Å². The van der Waals surface area contributed by atoms with Crippen LogP contribution in [0.15, 0.2) is 24.3 Å². The second-order valence-corrected chi connectivity index (χ2v) is 5.54. The van der Waals surface area contributed by atoms with Crippen LogP contribution in [0.4, 0.5) is 0 Å². The molecule has 1 unspecified atom stereocenters. The van der Waals surface area contributed by atoms with E-state index in [9.17, 15) is 0 Å². The smallest absolute Gasteiger partial charge is 0.0408 e. The van der Waals surface area contributed by atoms with E-state index in [1.165, 1.54) is 37.7 Å². The van der Waals surface area contributed by atoms with E-state index in [0.717, 1.165) is 17.4 Å². The summed E-state index contributed by atoms with van der Waals surface area (Å²) in [4.78, 5) is 0. The Morgan fingerprint density at radius 1 is 1.35 bits per heavy atom. The molecular formula is C15H22ClN. The van der Waals surface area contributed by atoms with Crippen molar-refractivity contribution in [3.63, 3.8) is 0 Å². The Bertz CT molecular complexity index is 345. The molecule has 2 heteroatoms. The van der Waals surface area contributed by atoms with Crippen molar-refractivity contribution in [3.05, 3.63) is 34.9 Å². The van der Waals surface area contributed by atoms with Crippen LogP contribution in [0.5, 0.6) is 0 Å². The largest absolute Gasteiger partial charge is 0.317 e. The molecular weight excluding hydrogens is 230 g/mol. The fraction of sp³-hybridized carbons (Fsp3) is 0.600. The minimum absolute atomic E-state index is 0.677. The van der Waals surface area contributed by atoms with Crippen LogP contribution < -0.4 is 5.32 Å². The lowest BCUT2D eigenvalue weighted by atomic mass is 9.93. The highest BCUT2D eigenvalue weighted by Crippen LogP contribution is 2.29. The summed E-state index contributed by atoms with van der Waals surface area (Å²) in [5.74, 6) is 0.888. The number of rotatable bonds is 5. The third-order valence-corrected chi connectivity index (χ3v) is 4.21. The first kappa shape index (κ1) is 12.9. The first-order valence-corrected chi connectivity index (χ1v) is 7.09. The fourth-order valence-electron chi connectivity index (χ4n) is 2.99. The van der Waals surface area contributed by atoms with Crippen LogP contribution in [0.1, 0.15) is 37.7 Å². The molecule has 0 radical (unpaired) electrons. The van der Waals surface area contributed by atoms with Gasteiger partial charge in [0.25, 0.3) is 0 Å². The van der Waals surface area contributed by atoms with Gasteiger partial charge < -0.3 is 5.32 Å². The van der Waals surface area contributed by atoms with Gasteiger partial charge in [-0.2, -0.15) is 0 Å². The minimum Gasteiger partial charge on any atom is -0.317 e. The quantitative estimate of drug-likeness (QED) is 0.833. The van der Waals surface area contributed by atoms with Crippen LogP contribution in [0.25, 0.3) is 0 Å². The van der Waals surface area contributed by atoms with Crippen LogP contribution in [0.3, 0.4) is 0 Å². The first-order valence-electron chi connectivity index (χ1n) is 6.71. The molecule has 1 fully saturated rings. The summed E-state index contributed by atoms with van der Waals surface area (Å²) >= 11 is 6.01. The molecule has 0 spiro atoms. The van der Waals surface area contributed by atoms with E-state index in [4.69, 9.17) is 11.6 Å². The van der Waals surface area contributed by atoms with Crippen molar-refractivity contribution in [3.8, 4) is 0 Å². The Labute approximate surface area is 110 Å². The monoisotopic (exact) mass is 251 g/mol. The Morgan fingerprint density at radius 2 is 2.12 bits per heavy atom. The van der Waals surface area contributed by atoms with Crippen LogP contribution in [-0.2, 0) is 6.42 Å². The van der Waals surface area contributed by atoms with Gasteiger partial charge in [0.2, 0.25) is 0 Å². The number of hydrogen-bond acceptors (Lipinski definition) is 1. The van der Waals surface area contributed by atoms with Crippen molar-refractivity contribution in [2.75, 3.05) is 7.05 Å². The molecule has 1 aliphatic carbocycles. The van der Waals surface area contributed by atoms with Crippen molar-refractivity contribution in [2.45, 2.75) is 44.6 Å². The van der Waals surface area contributed by atoms with Gasteiger partial charge in [0.15, 0.2) is 0 Å². The van der Waals surface area contributed by atoms with Gasteiger partial charge in [-0.05, 0) is 56.3 Å². The molecule has 2 rings (SSSR count). The average Bonchev–Trinajstić information content (AvgIpc) is 2.84. The number of hydrogen-bond donors (Lipinski definition) is 1. The van der Waals surface area contributed by atoms with E-state index >= 15 is 0 Å². The normalized spacial score (nSPS) is 18.5. The van der Waals surface area contributed by atoms with Crippen molar-refractivity contribution in [2.24, 2.45) is 5.92 Å². The Kier molecular flexibility index (Phi) is 4.87. The molecule has 17 heavy (non-hydrogen) atoms. The predicted molar refractivity (Wildman–Crippen MR) is 74.6 cm³/mol. The summed E-state index contributed by atoms with van der Waals surface area (Å²) < 4.78 is 0. The van der Waals surface area contributed by atoms with Crippen molar-refractivity contribution in [1.29, 1.82) is 0 Å². The van der Waals surface area contributed by atoms with Crippen LogP contribution >= 0.6 is 11.6 Å². The zero-order valence-corrected chi connectivity index (χ0v) is 11.3. The highest BCUT2D eigenvalue weighted by molar-refractivity contribution is 6.30. The highest BCUT2D eigenvalue weighted by atomic mass is 35.5. The van der Waals surface area contributed by atoms with E-state index in [1.54, 1.807) is 0 Å². The molecule has 1 N–H and O–H groups in total. The first-order chi connectivity index (χ1) is 8.29. The Balaban J connectivity index is 1.87. The minimum atomic E-state index is 0.677. The third-order valence-electron chi connectivity index (χ3n) is 3.97. The van der Waals surface area contributed by atoms with Gasteiger partial charge >= 0.3 is 0 Å². The van der Waals surface area contributed by atoms with Gasteiger partial charge in [-0.25, -0.2) is 0 Å². The Morgan fingerprint density at radius 3 is 2.76 bits per heavy atom. The molecule has 0 heterocycles. The number of benzene rings is 1. The number of nitrogens with one attached hydrogen (secondary N) is 1. The third kappa shape index (κ3) is 3.72. The van der Waals surface area contributed by atoms with Gasteiger partial charge in [0, 0.05) is 11.1 Å². The standard InChI is InChI=1S/C15H22ClN/c1-17-15(13-6-2-3-7-13)10-9-12-5-4-8-14(16)11-12/h4-5,8,11,13,15,17H,2-3,6-7,9-10H2,1H3. The Hall–Kier alpha value is -0.530. The zero-order chi connectivity index (χ0) is 12.1. The summed E-state index contributed by atoms with van der Waals surface area (Å²) in [5, 5.41) is 4.35. The van der Waals surface area contributed by atoms with E-state index in [0.29, 0.717) is 6.04 Å². The van der Waals surface area contributed by atoms with E-state index in [1.807, 2.05) is 12.1 Å². The van der Waals surface area contributed by atoms with Crippen molar-refractivity contribution >= 4 is 11.6 Å². The molecule has 1 aromatic carbocycles. The molecule has 0 amide bonds. The zero-order valence-electron chi connectivity index (χ0n) is 10.6. The maximum Gasteiger partial charge on any atom is 0.0408 e. The molecule has 1 atom stereocenters. The van der Waals surface area contributed by atoms with Gasteiger partial charge in [-0.1, -0.05) is 36.6 Å². The topological polar surface area (TPSA) is 12.0 Å². The van der Waals surface area contributed by atoms with E-state index in [2.05, 4.69) is 24.5 Å². The lowest BCUT2D eigenvalue weighted by Crippen LogP contribution is -2.32. The summed E-state index contributed by atoms with van der Waals surface area (Å²) in [6.07, 6.45) is 7.99. The summed E-state index contributed by atoms with van der Waals surface area (Å²) in [5.41, 5.74) is 1.36. The molecule has 1 aromatic rings. The molecule has 1 saturated carbocycles. The summed E-state index contributed by atoms with van der Waals surface area (Å²) in [7, 11) is 2.10. The maximum atomic E-state index is 6.01. The van der Waals surface area contributed by atoms with Gasteiger partial charge in [-0.15, -0.1) is 0 Å². The second kappa shape index (κ2) is 6.42. The highest BCUT2D eigenvalue weighted by Gasteiger charge is 2.23. The SMILES string of the molecule is CNC(CCc1cccc(Cl)c1)C1CCCC1. The number of halogens is 1. The van der Waals surface area contributed by atoms with Gasteiger partial charge in [-0.3, -0.25) is 0 Å². The fourth-order valence-corrected chi connectivity index (χ4v) is 3.20. The molecule has 0 saturated heterocycles. The molecule has 94 valence electrons. The molecule has 0 bridgehead atoms. The summed E-state index contributed by atoms with van der Waals surface area (Å²) in [6.45, 7) is 0. The van der Waals surface area contributed by atoms with Crippen LogP contribution in [-0.4, -0.2) is 13.1 Å². The predicted octanol–water partition coefficient (Wildman–Crippen LogP) is 4.05. The molecule has 0 aromatic heterocycles. The molecule has 1 nitrogen and oxygen atoms in total.